The molecule has 0 N–H and O–H groups in total. The molecule has 0 fully saturated rings. The minimum atomic E-state index is -6.09. The summed E-state index contributed by atoms with van der Waals surface area (Å²) < 4.78 is 58.9. The molecule has 0 atom stereocenters. The summed E-state index contributed by atoms with van der Waals surface area (Å²) in [5.41, 5.74) is -5.65. The fourth-order valence-electron chi connectivity index (χ4n) is 3.45. The first-order valence-electron chi connectivity index (χ1n) is 10.9. The van der Waals surface area contributed by atoms with Gasteiger partial charge in [-0.3, -0.25) is 0 Å². The molecule has 4 rings (SSSR count). The first-order valence-corrected chi connectivity index (χ1v) is 15.4. The third-order valence-electron chi connectivity index (χ3n) is 5.10. The van der Waals surface area contributed by atoms with Gasteiger partial charge in [-0.2, -0.15) is 13.2 Å². The van der Waals surface area contributed by atoms with Crippen molar-refractivity contribution in [2.75, 3.05) is 12.3 Å². The van der Waals surface area contributed by atoms with E-state index < -0.39 is 15.6 Å². The zero-order valence-electron chi connectivity index (χ0n) is 19.5. The summed E-state index contributed by atoms with van der Waals surface area (Å²) in [4.78, 5) is 0. The van der Waals surface area contributed by atoms with Gasteiger partial charge >= 0.3 is 5.51 Å². The van der Waals surface area contributed by atoms with Gasteiger partial charge in [0.2, 0.25) is 0 Å². The van der Waals surface area contributed by atoms with Gasteiger partial charge in [-0.25, -0.2) is 8.42 Å². The number of halogens is 3. The molecule has 0 saturated carbocycles. The molecule has 0 heterocycles. The van der Waals surface area contributed by atoms with Crippen molar-refractivity contribution in [3.63, 3.8) is 0 Å². The van der Waals surface area contributed by atoms with Crippen LogP contribution in [0, 0.1) is 0 Å². The third-order valence-corrected chi connectivity index (χ3v) is 11.0. The van der Waals surface area contributed by atoms with E-state index in [2.05, 4.69) is 121 Å². The molecule has 3 nitrogen and oxygen atoms in total. The molecule has 0 aliphatic heterocycles. The Hall–Kier alpha value is -1.94. The Kier molecular flexibility index (Phi) is 12.6. The van der Waals surface area contributed by atoms with Crippen LogP contribution in [0.1, 0.15) is 0 Å². The van der Waals surface area contributed by atoms with Crippen LogP contribution in [0.2, 0.25) is 0 Å². The Balaban J connectivity index is 0.000000467. The van der Waals surface area contributed by atoms with Crippen LogP contribution < -0.4 is 21.2 Å². The van der Waals surface area contributed by atoms with Gasteiger partial charge in [0.25, 0.3) is 0 Å². The van der Waals surface area contributed by atoms with Crippen molar-refractivity contribution >= 4 is 47.2 Å². The maximum Gasteiger partial charge on any atom is 0.485 e. The molecular weight excluding hydrogens is 626 g/mol. The maximum atomic E-state index is 10.7. The predicted molar refractivity (Wildman–Crippen MR) is 144 cm³/mol. The minimum absolute atomic E-state index is 0. The average Bonchev–Trinajstić information content (AvgIpc) is 2.88. The first kappa shape index (κ1) is 31.3. The summed E-state index contributed by atoms with van der Waals surface area (Å²) in [6.45, 7) is 0. The summed E-state index contributed by atoms with van der Waals surface area (Å²) in [6, 6.07) is 44.2. The second-order valence-electron chi connectivity index (χ2n) is 7.55. The van der Waals surface area contributed by atoms with E-state index in [0.717, 1.165) is 0 Å². The van der Waals surface area contributed by atoms with Crippen molar-refractivity contribution in [2.45, 2.75) is 5.51 Å². The van der Waals surface area contributed by atoms with Crippen molar-refractivity contribution in [3.05, 3.63) is 121 Å². The van der Waals surface area contributed by atoms with Gasteiger partial charge in [-0.05, 0) is 49.4 Å². The van der Waals surface area contributed by atoms with E-state index in [1.54, 1.807) is 0 Å². The van der Waals surface area contributed by atoms with Crippen molar-refractivity contribution in [2.24, 2.45) is 0 Å². The molecule has 197 valence electrons. The molecule has 0 spiro atoms. The monoisotopic (exact) mass is 650 g/mol. The molecule has 0 amide bonds. The quantitative estimate of drug-likeness (QED) is 0.118. The van der Waals surface area contributed by atoms with E-state index in [1.165, 1.54) is 33.5 Å². The molecule has 0 aromatic heterocycles. The normalized spacial score (nSPS) is 11.4. The fourth-order valence-corrected chi connectivity index (χ4v) is 8.80. The van der Waals surface area contributed by atoms with E-state index in [0.29, 0.717) is 0 Å². The van der Waals surface area contributed by atoms with Crippen molar-refractivity contribution in [1.29, 1.82) is 0 Å². The van der Waals surface area contributed by atoms with E-state index in [9.17, 15) is 13.2 Å². The molecule has 1 radical (unpaired) electrons. The molecule has 0 unspecified atom stereocenters. The number of hydrogen-bond acceptors (Lipinski definition) is 3. The van der Waals surface area contributed by atoms with Crippen LogP contribution in [0.5, 0.6) is 0 Å². The van der Waals surface area contributed by atoms with Crippen molar-refractivity contribution in [3.8, 4) is 0 Å². The Morgan fingerprint density at radius 2 is 0.730 bits per heavy atom. The summed E-state index contributed by atoms with van der Waals surface area (Å²) in [5, 5.41) is 5.89. The third kappa shape index (κ3) is 9.71. The molecule has 10 heteroatoms. The van der Waals surface area contributed by atoms with Gasteiger partial charge in [0.15, 0.2) is 10.1 Å². The van der Waals surface area contributed by atoms with Gasteiger partial charge in [-0.1, -0.05) is 121 Å². The minimum Gasteiger partial charge on any atom is -0.741 e. The van der Waals surface area contributed by atoms with Crippen LogP contribution in [0.4, 0.5) is 13.2 Å². The molecule has 4 aromatic rings. The van der Waals surface area contributed by atoms with Gasteiger partial charge in [-0.15, -0.1) is 0 Å². The fraction of sp³-hybridized carbons (Fsp3) is 0.111. The van der Waals surface area contributed by atoms with Gasteiger partial charge < -0.3 is 4.55 Å². The average molecular weight is 650 g/mol. The number of alkyl halides is 3. The summed E-state index contributed by atoms with van der Waals surface area (Å²) in [5.74, 6) is 0. The van der Waals surface area contributed by atoms with Gasteiger partial charge in [0.05, 0.1) is 0 Å². The van der Waals surface area contributed by atoms with E-state index in [4.69, 9.17) is 13.0 Å². The smallest absolute Gasteiger partial charge is 0.485 e. The first-order chi connectivity index (χ1) is 17.2. The Labute approximate surface area is 231 Å². The van der Waals surface area contributed by atoms with Crippen LogP contribution in [0.3, 0.4) is 0 Å². The Bertz CT molecular complexity index is 1130. The largest absolute Gasteiger partial charge is 0.741 e. The van der Waals surface area contributed by atoms with E-state index in [-0.39, 0.29) is 35.3 Å². The zero-order valence-corrected chi connectivity index (χ0v) is 23.7. The zero-order chi connectivity index (χ0) is 26.0. The number of benzene rings is 4. The maximum absolute atomic E-state index is 10.7. The summed E-state index contributed by atoms with van der Waals surface area (Å²) in [7, 11) is -6.79. The Morgan fingerprint density at radius 1 is 0.541 bits per heavy atom. The van der Waals surface area contributed by atoms with Crippen LogP contribution in [0.25, 0.3) is 0 Å². The topological polar surface area (TPSA) is 57.2 Å². The van der Waals surface area contributed by atoms with Crippen LogP contribution in [0.15, 0.2) is 121 Å². The molecule has 0 bridgehead atoms. The summed E-state index contributed by atoms with van der Waals surface area (Å²) in [6.07, 6.45) is 2.41. The molecule has 0 saturated heterocycles. The SMILES string of the molecule is O=S(=O)([O-])C(F)(F)F.[Rh].c1ccc(P(CCP(c2ccccc2)c2ccccc2)c2ccccc2)cc1. The number of rotatable bonds is 7. The second-order valence-corrected chi connectivity index (χ2v) is 13.6. The number of hydrogen-bond donors (Lipinski definition) is 0. The standard InChI is InChI=1S/C26H24P2.CHF3O3S.Rh/c1-5-13-23(14-6-1)27(24-15-7-2-8-16-24)21-22-28(25-17-9-3-10-18-25)26-19-11-4-12-20-26;2-1(3,4)8(5,6)7;/h1-20H,21-22H2;(H,5,6,7);/p-1. The van der Waals surface area contributed by atoms with Crippen molar-refractivity contribution < 1.29 is 45.6 Å². The molecular formula is C27H24F3O3P2RhS-. The van der Waals surface area contributed by atoms with Crippen LogP contribution in [-0.4, -0.2) is 30.8 Å². The van der Waals surface area contributed by atoms with Crippen LogP contribution >= 0.6 is 15.8 Å². The summed E-state index contributed by atoms with van der Waals surface area (Å²) >= 11 is 0. The van der Waals surface area contributed by atoms with Crippen LogP contribution in [-0.2, 0) is 29.6 Å². The van der Waals surface area contributed by atoms with E-state index in [1.807, 2.05) is 0 Å². The Morgan fingerprint density at radius 3 is 0.892 bits per heavy atom. The van der Waals surface area contributed by atoms with Gasteiger partial charge in [0.1, 0.15) is 0 Å². The van der Waals surface area contributed by atoms with Gasteiger partial charge in [0, 0.05) is 19.5 Å². The molecule has 4 aromatic carbocycles. The predicted octanol–water partition coefficient (Wildman–Crippen LogP) is 5.30. The van der Waals surface area contributed by atoms with Crippen molar-refractivity contribution in [1.82, 2.24) is 0 Å². The molecule has 0 aliphatic rings. The molecule has 0 aliphatic carbocycles. The molecule has 37 heavy (non-hydrogen) atoms. The second kappa shape index (κ2) is 14.9. The van der Waals surface area contributed by atoms with E-state index >= 15 is 0 Å².